The Morgan fingerprint density at radius 1 is 1.04 bits per heavy atom. The molecule has 118 valence electrons. The standard InChI is InChI=1S/C18H14N4O2/c23-17(13-4-6-14-12(9-13)2-1-7-19-14)20-10-11-3-5-15-16(8-11)22-18(24)21-15/h1-9H,10H2,(H,20,23)(H2,21,22,24). The van der Waals surface area contributed by atoms with Gasteiger partial charge in [0.05, 0.1) is 16.6 Å². The fourth-order valence-corrected chi connectivity index (χ4v) is 2.69. The van der Waals surface area contributed by atoms with E-state index in [0.717, 1.165) is 27.5 Å². The van der Waals surface area contributed by atoms with E-state index < -0.39 is 0 Å². The van der Waals surface area contributed by atoms with E-state index in [2.05, 4.69) is 20.3 Å². The Bertz CT molecular complexity index is 1110. The molecule has 4 aromatic rings. The summed E-state index contributed by atoms with van der Waals surface area (Å²) in [6, 6.07) is 14.7. The number of nitrogens with one attached hydrogen (secondary N) is 3. The van der Waals surface area contributed by atoms with Crippen LogP contribution in [0.5, 0.6) is 0 Å². The van der Waals surface area contributed by atoms with Crippen LogP contribution < -0.4 is 11.0 Å². The second-order valence-electron chi connectivity index (χ2n) is 5.55. The molecule has 2 aromatic carbocycles. The number of aromatic nitrogens is 3. The molecule has 0 aliphatic carbocycles. The van der Waals surface area contributed by atoms with Crippen molar-refractivity contribution in [2.75, 3.05) is 0 Å². The number of pyridine rings is 1. The average Bonchev–Trinajstić information content (AvgIpc) is 2.98. The lowest BCUT2D eigenvalue weighted by molar-refractivity contribution is 0.0951. The lowest BCUT2D eigenvalue weighted by atomic mass is 10.1. The van der Waals surface area contributed by atoms with Crippen molar-refractivity contribution in [2.45, 2.75) is 6.54 Å². The minimum absolute atomic E-state index is 0.150. The van der Waals surface area contributed by atoms with Crippen molar-refractivity contribution < 1.29 is 4.79 Å². The van der Waals surface area contributed by atoms with Gasteiger partial charge in [0.25, 0.3) is 5.91 Å². The number of rotatable bonds is 3. The third-order valence-corrected chi connectivity index (χ3v) is 3.90. The van der Waals surface area contributed by atoms with Crippen LogP contribution in [0.3, 0.4) is 0 Å². The van der Waals surface area contributed by atoms with Crippen molar-refractivity contribution in [1.82, 2.24) is 20.3 Å². The Balaban J connectivity index is 1.52. The molecule has 2 aromatic heterocycles. The monoisotopic (exact) mass is 318 g/mol. The summed E-state index contributed by atoms with van der Waals surface area (Å²) in [5.74, 6) is -0.150. The van der Waals surface area contributed by atoms with Crippen LogP contribution in [0.15, 0.2) is 59.5 Å². The van der Waals surface area contributed by atoms with Gasteiger partial charge in [-0.05, 0) is 42.0 Å². The molecule has 0 saturated carbocycles. The number of amides is 1. The fourth-order valence-electron chi connectivity index (χ4n) is 2.69. The molecule has 6 heteroatoms. The number of imidazole rings is 1. The SMILES string of the molecule is O=C(NCc1ccc2[nH]c(=O)[nH]c2c1)c1ccc2ncccc2c1. The Hall–Kier alpha value is -3.41. The number of hydrogen-bond acceptors (Lipinski definition) is 3. The van der Waals surface area contributed by atoms with E-state index >= 15 is 0 Å². The lowest BCUT2D eigenvalue weighted by Crippen LogP contribution is -2.22. The minimum atomic E-state index is -0.240. The van der Waals surface area contributed by atoms with E-state index in [9.17, 15) is 9.59 Å². The molecule has 3 N–H and O–H groups in total. The van der Waals surface area contributed by atoms with Gasteiger partial charge in [-0.15, -0.1) is 0 Å². The third kappa shape index (κ3) is 2.65. The van der Waals surface area contributed by atoms with Crippen molar-refractivity contribution in [3.8, 4) is 0 Å². The zero-order chi connectivity index (χ0) is 16.5. The summed E-state index contributed by atoms with van der Waals surface area (Å²) in [6.07, 6.45) is 1.73. The zero-order valence-electron chi connectivity index (χ0n) is 12.7. The maximum absolute atomic E-state index is 12.3. The van der Waals surface area contributed by atoms with Crippen molar-refractivity contribution in [3.63, 3.8) is 0 Å². The van der Waals surface area contributed by atoms with Crippen LogP contribution in [0.1, 0.15) is 15.9 Å². The molecule has 4 rings (SSSR count). The van der Waals surface area contributed by atoms with Gasteiger partial charge in [-0.2, -0.15) is 0 Å². The van der Waals surface area contributed by atoms with E-state index in [1.54, 1.807) is 12.3 Å². The number of carbonyl (C=O) groups is 1. The van der Waals surface area contributed by atoms with E-state index in [-0.39, 0.29) is 11.6 Å². The zero-order valence-corrected chi connectivity index (χ0v) is 12.7. The van der Waals surface area contributed by atoms with Crippen LogP contribution in [-0.2, 0) is 6.54 Å². The summed E-state index contributed by atoms with van der Waals surface area (Å²) in [5, 5.41) is 3.82. The summed E-state index contributed by atoms with van der Waals surface area (Å²) in [5.41, 5.74) is 3.59. The first-order valence-electron chi connectivity index (χ1n) is 7.53. The molecule has 0 unspecified atom stereocenters. The number of fused-ring (bicyclic) bond motifs is 2. The quantitative estimate of drug-likeness (QED) is 0.541. The summed E-state index contributed by atoms with van der Waals surface area (Å²) >= 11 is 0. The van der Waals surface area contributed by atoms with Gasteiger partial charge in [0.15, 0.2) is 0 Å². The van der Waals surface area contributed by atoms with Gasteiger partial charge in [0, 0.05) is 23.7 Å². The number of benzene rings is 2. The Morgan fingerprint density at radius 3 is 2.83 bits per heavy atom. The molecular formula is C18H14N4O2. The first-order valence-corrected chi connectivity index (χ1v) is 7.53. The van der Waals surface area contributed by atoms with Crippen molar-refractivity contribution in [3.05, 3.63) is 76.3 Å². The molecule has 0 spiro atoms. The first-order chi connectivity index (χ1) is 11.7. The maximum atomic E-state index is 12.3. The highest BCUT2D eigenvalue weighted by molar-refractivity contribution is 5.97. The molecule has 0 saturated heterocycles. The van der Waals surface area contributed by atoms with Crippen LogP contribution >= 0.6 is 0 Å². The molecule has 0 bridgehead atoms. The van der Waals surface area contributed by atoms with Crippen LogP contribution in [-0.4, -0.2) is 20.9 Å². The van der Waals surface area contributed by atoms with Crippen LogP contribution in [0.25, 0.3) is 21.9 Å². The molecule has 0 aliphatic heterocycles. The molecular weight excluding hydrogens is 304 g/mol. The normalized spacial score (nSPS) is 11.0. The van der Waals surface area contributed by atoms with Gasteiger partial charge in [0.2, 0.25) is 0 Å². The highest BCUT2D eigenvalue weighted by atomic mass is 16.1. The topological polar surface area (TPSA) is 90.6 Å². The Labute approximate surface area is 136 Å². The minimum Gasteiger partial charge on any atom is -0.348 e. The molecule has 1 amide bonds. The number of aromatic amines is 2. The third-order valence-electron chi connectivity index (χ3n) is 3.90. The van der Waals surface area contributed by atoms with E-state index in [0.29, 0.717) is 12.1 Å². The van der Waals surface area contributed by atoms with Crippen LogP contribution in [0.2, 0.25) is 0 Å². The molecule has 6 nitrogen and oxygen atoms in total. The van der Waals surface area contributed by atoms with Crippen molar-refractivity contribution in [1.29, 1.82) is 0 Å². The summed E-state index contributed by atoms with van der Waals surface area (Å²) in [4.78, 5) is 33.2. The van der Waals surface area contributed by atoms with E-state index in [4.69, 9.17) is 0 Å². The highest BCUT2D eigenvalue weighted by Crippen LogP contribution is 2.14. The van der Waals surface area contributed by atoms with Crippen LogP contribution in [0.4, 0.5) is 0 Å². The molecule has 0 atom stereocenters. The average molecular weight is 318 g/mol. The number of hydrogen-bond donors (Lipinski definition) is 3. The van der Waals surface area contributed by atoms with Crippen molar-refractivity contribution >= 4 is 27.8 Å². The van der Waals surface area contributed by atoms with Gasteiger partial charge in [0.1, 0.15) is 0 Å². The second kappa shape index (κ2) is 5.66. The highest BCUT2D eigenvalue weighted by Gasteiger charge is 2.07. The molecule has 24 heavy (non-hydrogen) atoms. The summed E-state index contributed by atoms with van der Waals surface area (Å²) in [6.45, 7) is 0.382. The van der Waals surface area contributed by atoms with Crippen LogP contribution in [0, 0.1) is 0 Å². The molecule has 0 fully saturated rings. The summed E-state index contributed by atoms with van der Waals surface area (Å²) in [7, 11) is 0. The number of nitrogens with zero attached hydrogens (tertiary/aromatic N) is 1. The molecule has 2 heterocycles. The Kier molecular flexibility index (Phi) is 3.35. The Morgan fingerprint density at radius 2 is 1.92 bits per heavy atom. The van der Waals surface area contributed by atoms with E-state index in [1.807, 2.05) is 42.5 Å². The van der Waals surface area contributed by atoms with Gasteiger partial charge >= 0.3 is 5.69 Å². The van der Waals surface area contributed by atoms with Gasteiger partial charge < -0.3 is 15.3 Å². The predicted molar refractivity (Wildman–Crippen MR) is 91.8 cm³/mol. The van der Waals surface area contributed by atoms with Crippen molar-refractivity contribution in [2.24, 2.45) is 0 Å². The first kappa shape index (κ1) is 14.2. The smallest absolute Gasteiger partial charge is 0.323 e. The van der Waals surface area contributed by atoms with Gasteiger partial charge in [-0.1, -0.05) is 12.1 Å². The predicted octanol–water partition coefficient (Wildman–Crippen LogP) is 2.33. The van der Waals surface area contributed by atoms with Gasteiger partial charge in [-0.25, -0.2) is 4.79 Å². The fraction of sp³-hybridized carbons (Fsp3) is 0.0556. The number of H-pyrrole nitrogens is 2. The van der Waals surface area contributed by atoms with E-state index in [1.165, 1.54) is 0 Å². The maximum Gasteiger partial charge on any atom is 0.323 e. The molecule has 0 radical (unpaired) electrons. The second-order valence-corrected chi connectivity index (χ2v) is 5.55. The lowest BCUT2D eigenvalue weighted by Gasteiger charge is -2.06. The van der Waals surface area contributed by atoms with Gasteiger partial charge in [-0.3, -0.25) is 9.78 Å². The summed E-state index contributed by atoms with van der Waals surface area (Å²) < 4.78 is 0. The molecule has 0 aliphatic rings. The largest absolute Gasteiger partial charge is 0.348 e. The number of carbonyl (C=O) groups excluding carboxylic acids is 1.